The van der Waals surface area contributed by atoms with E-state index in [-0.39, 0.29) is 11.6 Å². The van der Waals surface area contributed by atoms with E-state index in [0.717, 1.165) is 0 Å². The molecule has 1 aromatic heterocycles. The zero-order valence-corrected chi connectivity index (χ0v) is 9.82. The first kappa shape index (κ1) is 12.6. The standard InChI is InChI=1S/C10H13ClN2O3/c1-6(2)5-15-8-7(11)3-4-13-9(8)16-10(12)14/h3-4,6H,5H2,1-2H3,(H2,12,14). The van der Waals surface area contributed by atoms with Crippen molar-refractivity contribution >= 4 is 17.7 Å². The third kappa shape index (κ3) is 3.58. The highest BCUT2D eigenvalue weighted by Gasteiger charge is 2.14. The number of pyridine rings is 1. The van der Waals surface area contributed by atoms with Crippen LogP contribution in [0.5, 0.6) is 11.6 Å². The minimum atomic E-state index is -0.954. The molecule has 1 aromatic rings. The number of ether oxygens (including phenoxy) is 2. The average molecular weight is 245 g/mol. The van der Waals surface area contributed by atoms with E-state index in [4.69, 9.17) is 22.1 Å². The highest BCUT2D eigenvalue weighted by Crippen LogP contribution is 2.32. The summed E-state index contributed by atoms with van der Waals surface area (Å²) in [7, 11) is 0. The molecule has 0 aliphatic heterocycles. The number of nitrogens with two attached hydrogens (primary N) is 1. The highest BCUT2D eigenvalue weighted by molar-refractivity contribution is 6.32. The largest absolute Gasteiger partial charge is 0.487 e. The lowest BCUT2D eigenvalue weighted by Gasteiger charge is -2.12. The summed E-state index contributed by atoms with van der Waals surface area (Å²) >= 11 is 5.90. The lowest BCUT2D eigenvalue weighted by Crippen LogP contribution is -2.18. The number of aromatic nitrogens is 1. The molecule has 1 heterocycles. The second kappa shape index (κ2) is 5.55. The Bertz CT molecular complexity index is 382. The maximum absolute atomic E-state index is 10.6. The van der Waals surface area contributed by atoms with Crippen molar-refractivity contribution in [2.45, 2.75) is 13.8 Å². The van der Waals surface area contributed by atoms with Crippen LogP contribution in [0.25, 0.3) is 0 Å². The maximum atomic E-state index is 10.6. The van der Waals surface area contributed by atoms with Crippen molar-refractivity contribution in [3.8, 4) is 11.6 Å². The van der Waals surface area contributed by atoms with Crippen LogP contribution in [0, 0.1) is 5.92 Å². The molecule has 0 radical (unpaired) electrons. The summed E-state index contributed by atoms with van der Waals surface area (Å²) in [6, 6.07) is 1.55. The van der Waals surface area contributed by atoms with E-state index in [2.05, 4.69) is 9.72 Å². The monoisotopic (exact) mass is 244 g/mol. The van der Waals surface area contributed by atoms with Crippen molar-refractivity contribution < 1.29 is 14.3 Å². The molecule has 0 atom stereocenters. The molecule has 0 aliphatic carbocycles. The van der Waals surface area contributed by atoms with Crippen molar-refractivity contribution in [2.75, 3.05) is 6.61 Å². The van der Waals surface area contributed by atoms with Crippen LogP contribution in [0.2, 0.25) is 5.02 Å². The predicted molar refractivity (Wildman–Crippen MR) is 59.8 cm³/mol. The van der Waals surface area contributed by atoms with Gasteiger partial charge in [-0.1, -0.05) is 25.4 Å². The molecule has 0 saturated carbocycles. The van der Waals surface area contributed by atoms with Gasteiger partial charge < -0.3 is 15.2 Å². The molecular formula is C10H13ClN2O3. The molecule has 0 spiro atoms. The summed E-state index contributed by atoms with van der Waals surface area (Å²) in [4.78, 5) is 14.5. The van der Waals surface area contributed by atoms with E-state index in [9.17, 15) is 4.79 Å². The smallest absolute Gasteiger partial charge is 0.411 e. The van der Waals surface area contributed by atoms with Crippen molar-refractivity contribution in [2.24, 2.45) is 11.7 Å². The molecule has 88 valence electrons. The van der Waals surface area contributed by atoms with E-state index in [0.29, 0.717) is 17.5 Å². The molecule has 0 aliphatic rings. The molecule has 5 nitrogen and oxygen atoms in total. The van der Waals surface area contributed by atoms with E-state index >= 15 is 0 Å². The topological polar surface area (TPSA) is 74.4 Å². The van der Waals surface area contributed by atoms with Gasteiger partial charge >= 0.3 is 6.09 Å². The van der Waals surface area contributed by atoms with Gasteiger partial charge in [0, 0.05) is 6.20 Å². The molecule has 0 unspecified atom stereocenters. The first-order valence-corrected chi connectivity index (χ1v) is 5.13. The number of carbonyl (C=O) groups is 1. The number of halogens is 1. The van der Waals surface area contributed by atoms with Gasteiger partial charge in [-0.15, -0.1) is 0 Å². The van der Waals surface area contributed by atoms with Gasteiger partial charge in [0.2, 0.25) is 5.75 Å². The summed E-state index contributed by atoms with van der Waals surface area (Å²) in [5.74, 6) is 0.537. The van der Waals surface area contributed by atoms with Gasteiger partial charge in [0.25, 0.3) is 5.88 Å². The van der Waals surface area contributed by atoms with Crippen molar-refractivity contribution in [1.29, 1.82) is 0 Å². The van der Waals surface area contributed by atoms with Crippen LogP contribution < -0.4 is 15.2 Å². The van der Waals surface area contributed by atoms with Gasteiger partial charge in [-0.3, -0.25) is 0 Å². The van der Waals surface area contributed by atoms with Crippen LogP contribution in [0.15, 0.2) is 12.3 Å². The number of nitrogens with zero attached hydrogens (tertiary/aromatic N) is 1. The summed E-state index contributed by atoms with van der Waals surface area (Å²) in [5.41, 5.74) is 4.90. The second-order valence-corrected chi connectivity index (χ2v) is 3.96. The third-order valence-electron chi connectivity index (χ3n) is 1.58. The van der Waals surface area contributed by atoms with Crippen LogP contribution in [0.4, 0.5) is 4.79 Å². The van der Waals surface area contributed by atoms with Gasteiger partial charge in [0.05, 0.1) is 11.6 Å². The lowest BCUT2D eigenvalue weighted by molar-refractivity contribution is 0.202. The van der Waals surface area contributed by atoms with Gasteiger partial charge in [-0.05, 0) is 12.0 Å². The van der Waals surface area contributed by atoms with Crippen LogP contribution in [-0.2, 0) is 0 Å². The van der Waals surface area contributed by atoms with Gasteiger partial charge in [-0.2, -0.15) is 0 Å². The number of hydrogen-bond acceptors (Lipinski definition) is 4. The van der Waals surface area contributed by atoms with E-state index in [1.165, 1.54) is 6.20 Å². The van der Waals surface area contributed by atoms with Crippen molar-refractivity contribution in [1.82, 2.24) is 4.98 Å². The Morgan fingerprint density at radius 2 is 2.31 bits per heavy atom. The average Bonchev–Trinajstić information content (AvgIpc) is 2.15. The Labute approximate surface area is 98.5 Å². The number of carbonyl (C=O) groups excluding carboxylic acids is 1. The van der Waals surface area contributed by atoms with Crippen LogP contribution in [0.3, 0.4) is 0 Å². The lowest BCUT2D eigenvalue weighted by atomic mass is 10.2. The van der Waals surface area contributed by atoms with E-state index in [1.807, 2.05) is 13.8 Å². The fraction of sp³-hybridized carbons (Fsp3) is 0.400. The summed E-state index contributed by atoms with van der Waals surface area (Å²) < 4.78 is 10.1. The third-order valence-corrected chi connectivity index (χ3v) is 1.88. The van der Waals surface area contributed by atoms with Gasteiger partial charge in [0.1, 0.15) is 0 Å². The normalized spacial score (nSPS) is 10.2. The molecule has 0 saturated heterocycles. The molecule has 6 heteroatoms. The maximum Gasteiger partial charge on any atom is 0.411 e. The Morgan fingerprint density at radius 3 is 2.88 bits per heavy atom. The fourth-order valence-corrected chi connectivity index (χ4v) is 1.15. The van der Waals surface area contributed by atoms with Gasteiger partial charge in [-0.25, -0.2) is 9.78 Å². The number of rotatable bonds is 4. The van der Waals surface area contributed by atoms with Crippen molar-refractivity contribution in [3.05, 3.63) is 17.3 Å². The number of amides is 1. The zero-order valence-electron chi connectivity index (χ0n) is 9.07. The minimum absolute atomic E-state index is 0.0133. The SMILES string of the molecule is CC(C)COc1c(Cl)ccnc1OC(N)=O. The Morgan fingerprint density at radius 1 is 1.62 bits per heavy atom. The molecule has 0 bridgehead atoms. The quantitative estimate of drug-likeness (QED) is 0.881. The van der Waals surface area contributed by atoms with Crippen LogP contribution in [-0.4, -0.2) is 17.7 Å². The van der Waals surface area contributed by atoms with E-state index in [1.54, 1.807) is 6.07 Å². The predicted octanol–water partition coefficient (Wildman–Crippen LogP) is 2.23. The molecule has 1 rings (SSSR count). The fourth-order valence-electron chi connectivity index (χ4n) is 0.956. The van der Waals surface area contributed by atoms with Crippen molar-refractivity contribution in [3.63, 3.8) is 0 Å². The minimum Gasteiger partial charge on any atom is -0.487 e. The number of primary amides is 1. The first-order valence-electron chi connectivity index (χ1n) is 4.75. The first-order chi connectivity index (χ1) is 7.50. The van der Waals surface area contributed by atoms with Crippen LogP contribution in [0.1, 0.15) is 13.8 Å². The van der Waals surface area contributed by atoms with Gasteiger partial charge in [0.15, 0.2) is 0 Å². The summed E-state index contributed by atoms with van der Waals surface area (Å²) in [6.07, 6.45) is 0.451. The number of hydrogen-bond donors (Lipinski definition) is 1. The Hall–Kier alpha value is -1.49. The van der Waals surface area contributed by atoms with Crippen LogP contribution >= 0.6 is 11.6 Å². The van der Waals surface area contributed by atoms with E-state index < -0.39 is 6.09 Å². The summed E-state index contributed by atoms with van der Waals surface area (Å²) in [6.45, 7) is 4.41. The molecule has 0 aromatic carbocycles. The molecule has 0 fully saturated rings. The summed E-state index contributed by atoms with van der Waals surface area (Å²) in [5, 5.41) is 0.326. The Balaban J connectivity index is 2.89. The highest BCUT2D eigenvalue weighted by atomic mass is 35.5. The molecule has 1 amide bonds. The molecular weight excluding hydrogens is 232 g/mol. The molecule has 2 N–H and O–H groups in total. The Kier molecular flexibility index (Phi) is 4.37. The zero-order chi connectivity index (χ0) is 12.1. The second-order valence-electron chi connectivity index (χ2n) is 3.55. The molecule has 16 heavy (non-hydrogen) atoms.